The first kappa shape index (κ1) is 16.0. The van der Waals surface area contributed by atoms with Crippen LogP contribution in [0.5, 0.6) is 0 Å². The Morgan fingerprint density at radius 3 is 2.50 bits per heavy atom. The molecule has 4 nitrogen and oxygen atoms in total. The van der Waals surface area contributed by atoms with E-state index < -0.39 is 10.0 Å². The fraction of sp³-hybridized carbons (Fsp3) is 0.538. The summed E-state index contributed by atoms with van der Waals surface area (Å²) < 4.78 is 27.8. The van der Waals surface area contributed by atoms with Crippen LogP contribution >= 0.6 is 23.2 Å². The molecule has 112 valence electrons. The monoisotopic (exact) mass is 336 g/mol. The molecule has 0 aromatic heterocycles. The van der Waals surface area contributed by atoms with Gasteiger partial charge in [0.05, 0.1) is 5.02 Å². The molecule has 0 bridgehead atoms. The molecule has 0 radical (unpaired) electrons. The highest BCUT2D eigenvalue weighted by Crippen LogP contribution is 2.34. The Kier molecular flexibility index (Phi) is 4.66. The van der Waals surface area contributed by atoms with Crippen molar-refractivity contribution < 1.29 is 8.42 Å². The number of rotatable bonds is 3. The predicted molar refractivity (Wildman–Crippen MR) is 81.9 cm³/mol. The van der Waals surface area contributed by atoms with Crippen molar-refractivity contribution in [3.05, 3.63) is 27.2 Å². The lowest BCUT2D eigenvalue weighted by molar-refractivity contribution is 0.522. The zero-order valence-corrected chi connectivity index (χ0v) is 13.7. The molecule has 2 rings (SSSR count). The fourth-order valence-corrected chi connectivity index (χ4v) is 5.06. The average molecular weight is 337 g/mol. The van der Waals surface area contributed by atoms with Crippen LogP contribution in [0.25, 0.3) is 0 Å². The summed E-state index contributed by atoms with van der Waals surface area (Å²) in [4.78, 5) is 0.0586. The van der Waals surface area contributed by atoms with Crippen molar-refractivity contribution in [2.24, 2.45) is 5.73 Å². The van der Waals surface area contributed by atoms with Crippen molar-refractivity contribution in [2.45, 2.75) is 50.1 Å². The predicted octanol–water partition coefficient (Wildman–Crippen LogP) is 2.77. The van der Waals surface area contributed by atoms with Gasteiger partial charge in [0, 0.05) is 17.1 Å². The van der Waals surface area contributed by atoms with Crippen LogP contribution in [0.3, 0.4) is 0 Å². The molecule has 1 aliphatic carbocycles. The van der Waals surface area contributed by atoms with Gasteiger partial charge in [-0.15, -0.1) is 0 Å². The van der Waals surface area contributed by atoms with E-state index in [0.29, 0.717) is 16.1 Å². The van der Waals surface area contributed by atoms with E-state index in [-0.39, 0.29) is 22.0 Å². The lowest BCUT2D eigenvalue weighted by Crippen LogP contribution is -2.44. The van der Waals surface area contributed by atoms with Gasteiger partial charge < -0.3 is 5.73 Å². The quantitative estimate of drug-likeness (QED) is 0.891. The number of nitrogens with two attached hydrogens (primary N) is 1. The van der Waals surface area contributed by atoms with Gasteiger partial charge >= 0.3 is 0 Å². The third-order valence-corrected chi connectivity index (χ3v) is 6.38. The SMILES string of the molecule is Cc1cc(Cl)c(C)c(S(=O)(=O)NC2CCCC2N)c1Cl. The molecule has 0 aliphatic heterocycles. The van der Waals surface area contributed by atoms with Crippen molar-refractivity contribution in [2.75, 3.05) is 0 Å². The molecule has 0 spiro atoms. The van der Waals surface area contributed by atoms with Crippen LogP contribution in [-0.2, 0) is 10.0 Å². The number of benzene rings is 1. The molecule has 1 aliphatic rings. The van der Waals surface area contributed by atoms with Crippen molar-refractivity contribution in [3.63, 3.8) is 0 Å². The summed E-state index contributed by atoms with van der Waals surface area (Å²) in [6, 6.07) is 1.28. The van der Waals surface area contributed by atoms with Gasteiger partial charge in [0.1, 0.15) is 4.90 Å². The summed E-state index contributed by atoms with van der Waals surface area (Å²) in [5.74, 6) is 0. The Morgan fingerprint density at radius 2 is 1.95 bits per heavy atom. The van der Waals surface area contributed by atoms with E-state index in [1.54, 1.807) is 19.9 Å². The van der Waals surface area contributed by atoms with Crippen LogP contribution in [0, 0.1) is 13.8 Å². The molecule has 20 heavy (non-hydrogen) atoms. The number of hydrogen-bond acceptors (Lipinski definition) is 3. The Morgan fingerprint density at radius 1 is 1.30 bits per heavy atom. The van der Waals surface area contributed by atoms with E-state index in [1.807, 2.05) is 0 Å². The third kappa shape index (κ3) is 2.97. The lowest BCUT2D eigenvalue weighted by Gasteiger charge is -2.20. The second-order valence-corrected chi connectivity index (χ2v) is 7.70. The van der Waals surface area contributed by atoms with Crippen LogP contribution in [0.15, 0.2) is 11.0 Å². The number of sulfonamides is 1. The van der Waals surface area contributed by atoms with E-state index in [4.69, 9.17) is 28.9 Å². The molecule has 7 heteroatoms. The molecule has 0 amide bonds. The molecule has 2 unspecified atom stereocenters. The second-order valence-electron chi connectivity index (χ2n) is 5.27. The van der Waals surface area contributed by atoms with E-state index >= 15 is 0 Å². The third-order valence-electron chi connectivity index (χ3n) is 3.73. The maximum absolute atomic E-state index is 12.6. The normalized spacial score (nSPS) is 23.2. The minimum Gasteiger partial charge on any atom is -0.326 e. The fourth-order valence-electron chi connectivity index (χ4n) is 2.53. The minimum atomic E-state index is -3.73. The topological polar surface area (TPSA) is 72.2 Å². The summed E-state index contributed by atoms with van der Waals surface area (Å²) >= 11 is 12.2. The van der Waals surface area contributed by atoms with Gasteiger partial charge in [-0.1, -0.05) is 29.6 Å². The molecular formula is C13H18Cl2N2O2S. The van der Waals surface area contributed by atoms with Gasteiger partial charge in [0.2, 0.25) is 10.0 Å². The number of nitrogens with one attached hydrogen (secondary N) is 1. The zero-order valence-electron chi connectivity index (χ0n) is 11.4. The lowest BCUT2D eigenvalue weighted by atomic mass is 10.2. The Hall–Kier alpha value is -0.330. The van der Waals surface area contributed by atoms with Crippen LogP contribution in [0.2, 0.25) is 10.0 Å². The molecule has 3 N–H and O–H groups in total. The van der Waals surface area contributed by atoms with Gasteiger partial charge in [-0.05, 0) is 43.9 Å². The number of hydrogen-bond donors (Lipinski definition) is 2. The largest absolute Gasteiger partial charge is 0.326 e. The molecule has 2 atom stereocenters. The van der Waals surface area contributed by atoms with Gasteiger partial charge in [0.25, 0.3) is 0 Å². The first-order valence-electron chi connectivity index (χ1n) is 6.47. The van der Waals surface area contributed by atoms with Crippen molar-refractivity contribution in [1.29, 1.82) is 0 Å². The van der Waals surface area contributed by atoms with Crippen LogP contribution in [-0.4, -0.2) is 20.5 Å². The number of halogens is 2. The van der Waals surface area contributed by atoms with E-state index in [0.717, 1.165) is 19.3 Å². The smallest absolute Gasteiger partial charge is 0.242 e. The van der Waals surface area contributed by atoms with Crippen LogP contribution in [0.4, 0.5) is 0 Å². The summed E-state index contributed by atoms with van der Waals surface area (Å²) in [7, 11) is -3.73. The van der Waals surface area contributed by atoms with Crippen molar-refractivity contribution in [1.82, 2.24) is 4.72 Å². The molecule has 0 heterocycles. The zero-order chi connectivity index (χ0) is 15.1. The van der Waals surface area contributed by atoms with E-state index in [9.17, 15) is 8.42 Å². The Bertz CT molecular complexity index is 605. The highest BCUT2D eigenvalue weighted by Gasteiger charge is 2.31. The Labute approximate surface area is 129 Å². The highest BCUT2D eigenvalue weighted by atomic mass is 35.5. The summed E-state index contributed by atoms with van der Waals surface area (Å²) in [5.41, 5.74) is 7.01. The molecule has 1 aromatic rings. The molecule has 1 fully saturated rings. The van der Waals surface area contributed by atoms with E-state index in [2.05, 4.69) is 4.72 Å². The molecular weight excluding hydrogens is 319 g/mol. The maximum Gasteiger partial charge on any atom is 0.242 e. The standard InChI is InChI=1S/C13H18Cl2N2O2S/c1-7-6-9(14)8(2)13(12(7)15)20(18,19)17-11-5-3-4-10(11)16/h6,10-11,17H,3-5,16H2,1-2H3. The van der Waals surface area contributed by atoms with Crippen LogP contribution in [0.1, 0.15) is 30.4 Å². The maximum atomic E-state index is 12.6. The molecule has 1 saturated carbocycles. The Balaban J connectivity index is 2.44. The van der Waals surface area contributed by atoms with Crippen molar-refractivity contribution >= 4 is 33.2 Å². The van der Waals surface area contributed by atoms with Crippen molar-refractivity contribution in [3.8, 4) is 0 Å². The van der Waals surface area contributed by atoms with Gasteiger partial charge in [-0.2, -0.15) is 0 Å². The summed E-state index contributed by atoms with van der Waals surface area (Å²) in [5, 5.41) is 0.606. The minimum absolute atomic E-state index is 0.0586. The van der Waals surface area contributed by atoms with E-state index in [1.165, 1.54) is 0 Å². The van der Waals surface area contributed by atoms with Gasteiger partial charge in [0.15, 0.2) is 0 Å². The first-order chi connectivity index (χ1) is 9.24. The van der Waals surface area contributed by atoms with Gasteiger partial charge in [-0.3, -0.25) is 0 Å². The highest BCUT2D eigenvalue weighted by molar-refractivity contribution is 7.89. The van der Waals surface area contributed by atoms with Crippen LogP contribution < -0.4 is 10.5 Å². The average Bonchev–Trinajstić information content (AvgIpc) is 2.72. The molecule has 0 saturated heterocycles. The van der Waals surface area contributed by atoms with Gasteiger partial charge in [-0.25, -0.2) is 13.1 Å². The second kappa shape index (κ2) is 5.81. The number of aryl methyl sites for hydroxylation is 1. The molecule has 1 aromatic carbocycles. The summed E-state index contributed by atoms with van der Waals surface area (Å²) in [6.45, 7) is 3.38. The summed E-state index contributed by atoms with van der Waals surface area (Å²) in [6.07, 6.45) is 2.50. The first-order valence-corrected chi connectivity index (χ1v) is 8.71.